The standard InChI is InChI=1S/C20H20O3/c1-4-13-7-10-16-17(22)11-12(2)19(23)20(16,3)18(13)14-5-8-15(21)9-6-14/h4-9,11,16,18,21H,1,10H2,2-3H3. The predicted octanol–water partition coefficient (Wildman–Crippen LogP) is 3.71. The van der Waals surface area contributed by atoms with Crippen molar-refractivity contribution in [2.24, 2.45) is 11.3 Å². The van der Waals surface area contributed by atoms with Gasteiger partial charge >= 0.3 is 0 Å². The van der Waals surface area contributed by atoms with Crippen molar-refractivity contribution in [2.75, 3.05) is 0 Å². The number of aromatic hydroxyl groups is 1. The monoisotopic (exact) mass is 308 g/mol. The smallest absolute Gasteiger partial charge is 0.166 e. The minimum absolute atomic E-state index is 0.0209. The number of fused-ring (bicyclic) bond motifs is 1. The Bertz CT molecular complexity index is 752. The molecule has 23 heavy (non-hydrogen) atoms. The Morgan fingerprint density at radius 1 is 1.26 bits per heavy atom. The third kappa shape index (κ3) is 2.19. The van der Waals surface area contributed by atoms with Crippen LogP contribution >= 0.6 is 0 Å². The van der Waals surface area contributed by atoms with Gasteiger partial charge in [-0.3, -0.25) is 9.59 Å². The van der Waals surface area contributed by atoms with Crippen molar-refractivity contribution in [2.45, 2.75) is 26.2 Å². The van der Waals surface area contributed by atoms with E-state index < -0.39 is 5.41 Å². The van der Waals surface area contributed by atoms with Gasteiger partial charge in [-0.25, -0.2) is 0 Å². The van der Waals surface area contributed by atoms with Gasteiger partial charge in [0.15, 0.2) is 11.6 Å². The fraction of sp³-hybridized carbons (Fsp3) is 0.300. The van der Waals surface area contributed by atoms with E-state index in [0.717, 1.165) is 11.1 Å². The van der Waals surface area contributed by atoms with Gasteiger partial charge in [0.2, 0.25) is 0 Å². The summed E-state index contributed by atoms with van der Waals surface area (Å²) < 4.78 is 0. The molecule has 1 N–H and O–H groups in total. The van der Waals surface area contributed by atoms with Gasteiger partial charge in [0.25, 0.3) is 0 Å². The Hall–Kier alpha value is -2.42. The molecule has 3 heteroatoms. The maximum absolute atomic E-state index is 13.0. The van der Waals surface area contributed by atoms with Crippen molar-refractivity contribution in [1.82, 2.24) is 0 Å². The van der Waals surface area contributed by atoms with Crippen molar-refractivity contribution in [3.8, 4) is 5.75 Å². The Labute approximate surface area is 136 Å². The molecule has 0 saturated heterocycles. The second-order valence-corrected chi connectivity index (χ2v) is 6.56. The van der Waals surface area contributed by atoms with Crippen LogP contribution in [-0.4, -0.2) is 16.7 Å². The van der Waals surface area contributed by atoms with Crippen LogP contribution in [0, 0.1) is 11.3 Å². The van der Waals surface area contributed by atoms with E-state index in [-0.39, 0.29) is 29.2 Å². The molecule has 3 rings (SSSR count). The minimum atomic E-state index is -0.814. The summed E-state index contributed by atoms with van der Waals surface area (Å²) in [6.45, 7) is 7.48. The first-order chi connectivity index (χ1) is 10.9. The lowest BCUT2D eigenvalue weighted by Gasteiger charge is -2.47. The molecule has 2 aliphatic rings. The number of phenols is 1. The van der Waals surface area contributed by atoms with Gasteiger partial charge in [-0.15, -0.1) is 0 Å². The zero-order chi connectivity index (χ0) is 16.8. The lowest BCUT2D eigenvalue weighted by molar-refractivity contribution is -0.137. The highest BCUT2D eigenvalue weighted by Crippen LogP contribution is 2.54. The van der Waals surface area contributed by atoms with E-state index in [1.54, 1.807) is 25.1 Å². The number of ketones is 2. The Morgan fingerprint density at radius 2 is 1.91 bits per heavy atom. The maximum Gasteiger partial charge on any atom is 0.166 e. The predicted molar refractivity (Wildman–Crippen MR) is 89.1 cm³/mol. The highest BCUT2D eigenvalue weighted by Gasteiger charge is 2.54. The summed E-state index contributed by atoms with van der Waals surface area (Å²) in [6.07, 6.45) is 5.82. The molecule has 0 aromatic heterocycles. The van der Waals surface area contributed by atoms with Crippen LogP contribution in [0.3, 0.4) is 0 Å². The molecular weight excluding hydrogens is 288 g/mol. The third-order valence-corrected chi connectivity index (χ3v) is 5.26. The van der Waals surface area contributed by atoms with Crippen LogP contribution < -0.4 is 0 Å². The number of rotatable bonds is 2. The molecule has 0 amide bonds. The van der Waals surface area contributed by atoms with Gasteiger partial charge in [0.05, 0.1) is 5.41 Å². The Balaban J connectivity index is 2.22. The summed E-state index contributed by atoms with van der Waals surface area (Å²) in [6, 6.07) is 6.86. The molecule has 0 radical (unpaired) electrons. The Morgan fingerprint density at radius 3 is 2.52 bits per heavy atom. The van der Waals surface area contributed by atoms with E-state index in [9.17, 15) is 14.7 Å². The van der Waals surface area contributed by atoms with Gasteiger partial charge in [-0.05, 0) is 48.3 Å². The van der Waals surface area contributed by atoms with Crippen molar-refractivity contribution in [3.05, 3.63) is 65.8 Å². The largest absolute Gasteiger partial charge is 0.508 e. The van der Waals surface area contributed by atoms with Crippen molar-refractivity contribution in [1.29, 1.82) is 0 Å². The van der Waals surface area contributed by atoms with Gasteiger partial charge in [-0.2, -0.15) is 0 Å². The average molecular weight is 308 g/mol. The third-order valence-electron chi connectivity index (χ3n) is 5.26. The summed E-state index contributed by atoms with van der Waals surface area (Å²) >= 11 is 0. The summed E-state index contributed by atoms with van der Waals surface area (Å²) in [7, 11) is 0. The van der Waals surface area contributed by atoms with E-state index in [1.807, 2.05) is 25.1 Å². The van der Waals surface area contributed by atoms with Crippen LogP contribution in [0.25, 0.3) is 0 Å². The summed E-state index contributed by atoms with van der Waals surface area (Å²) in [4.78, 5) is 25.5. The van der Waals surface area contributed by atoms with E-state index in [4.69, 9.17) is 0 Å². The van der Waals surface area contributed by atoms with Crippen LogP contribution in [0.15, 0.2) is 60.2 Å². The number of hydrogen-bond acceptors (Lipinski definition) is 3. The van der Waals surface area contributed by atoms with E-state index in [1.165, 1.54) is 6.08 Å². The molecule has 0 fully saturated rings. The van der Waals surface area contributed by atoms with Crippen LogP contribution in [0.5, 0.6) is 5.75 Å². The molecule has 0 heterocycles. The van der Waals surface area contributed by atoms with Crippen LogP contribution in [0.2, 0.25) is 0 Å². The number of carbonyl (C=O) groups excluding carboxylic acids is 2. The van der Waals surface area contributed by atoms with Crippen molar-refractivity contribution < 1.29 is 14.7 Å². The van der Waals surface area contributed by atoms with E-state index in [2.05, 4.69) is 6.58 Å². The summed E-state index contributed by atoms with van der Waals surface area (Å²) in [5, 5.41) is 9.55. The molecule has 0 spiro atoms. The van der Waals surface area contributed by atoms with Gasteiger partial charge in [-0.1, -0.05) is 37.8 Å². The second-order valence-electron chi connectivity index (χ2n) is 6.56. The van der Waals surface area contributed by atoms with Crippen LogP contribution in [0.4, 0.5) is 0 Å². The fourth-order valence-electron chi connectivity index (χ4n) is 4.08. The molecule has 118 valence electrons. The van der Waals surface area contributed by atoms with Gasteiger partial charge in [0.1, 0.15) is 5.75 Å². The number of hydrogen-bond donors (Lipinski definition) is 1. The highest BCUT2D eigenvalue weighted by molar-refractivity contribution is 6.13. The average Bonchev–Trinajstić information content (AvgIpc) is 2.53. The SMILES string of the molecule is C=CC1=CCC2C(=O)C=C(C)C(=O)C2(C)C1c1ccc(O)cc1. The molecular formula is C20H20O3. The molecule has 2 aliphatic carbocycles. The topological polar surface area (TPSA) is 54.4 Å². The van der Waals surface area contributed by atoms with Crippen LogP contribution in [0.1, 0.15) is 31.7 Å². The van der Waals surface area contributed by atoms with E-state index >= 15 is 0 Å². The molecule has 0 saturated carbocycles. The van der Waals surface area contributed by atoms with E-state index in [0.29, 0.717) is 12.0 Å². The molecule has 1 aromatic carbocycles. The molecule has 0 aliphatic heterocycles. The number of carbonyl (C=O) groups is 2. The number of allylic oxidation sites excluding steroid dienone is 5. The maximum atomic E-state index is 13.0. The first-order valence-electron chi connectivity index (χ1n) is 7.78. The Kier molecular flexibility index (Phi) is 3.59. The molecule has 3 nitrogen and oxygen atoms in total. The fourth-order valence-corrected chi connectivity index (χ4v) is 4.08. The van der Waals surface area contributed by atoms with Gasteiger partial charge in [0, 0.05) is 11.8 Å². The van der Waals surface area contributed by atoms with Gasteiger partial charge < -0.3 is 5.11 Å². The molecule has 3 atom stereocenters. The highest BCUT2D eigenvalue weighted by atomic mass is 16.3. The quantitative estimate of drug-likeness (QED) is 0.906. The second kappa shape index (κ2) is 5.34. The zero-order valence-electron chi connectivity index (χ0n) is 13.4. The first kappa shape index (κ1) is 15.5. The normalized spacial score (nSPS) is 30.3. The van der Waals surface area contributed by atoms with Crippen molar-refractivity contribution in [3.63, 3.8) is 0 Å². The van der Waals surface area contributed by atoms with Crippen LogP contribution in [-0.2, 0) is 9.59 Å². The van der Waals surface area contributed by atoms with Crippen molar-refractivity contribution >= 4 is 11.6 Å². The lowest BCUT2D eigenvalue weighted by atomic mass is 9.53. The minimum Gasteiger partial charge on any atom is -0.508 e. The number of benzene rings is 1. The molecule has 3 unspecified atom stereocenters. The lowest BCUT2D eigenvalue weighted by Crippen LogP contribution is -2.49. The molecule has 1 aromatic rings. The molecule has 0 bridgehead atoms. The number of Topliss-reactive ketones (excluding diaryl/α,β-unsaturated/α-hetero) is 1. The summed E-state index contributed by atoms with van der Waals surface area (Å²) in [5.74, 6) is -0.362. The zero-order valence-corrected chi connectivity index (χ0v) is 13.4. The summed E-state index contributed by atoms with van der Waals surface area (Å²) in [5.41, 5.74) is 1.58. The first-order valence-corrected chi connectivity index (χ1v) is 7.78. The number of phenolic OH excluding ortho intramolecular Hbond substituents is 1.